The summed E-state index contributed by atoms with van der Waals surface area (Å²) in [5.74, 6) is -1.11. The first-order chi connectivity index (χ1) is 9.04. The predicted octanol–water partition coefficient (Wildman–Crippen LogP) is 1.56. The molecule has 1 atom stereocenters. The summed E-state index contributed by atoms with van der Waals surface area (Å²) in [5.41, 5.74) is -0.206. The van der Waals surface area contributed by atoms with Crippen molar-refractivity contribution >= 4 is 17.6 Å². The van der Waals surface area contributed by atoms with Crippen LogP contribution >= 0.6 is 0 Å². The summed E-state index contributed by atoms with van der Waals surface area (Å²) < 4.78 is 0. The minimum absolute atomic E-state index is 0.118. The summed E-state index contributed by atoms with van der Waals surface area (Å²) >= 11 is 0. The van der Waals surface area contributed by atoms with E-state index in [1.165, 1.54) is 4.90 Å². The number of hydrogen-bond donors (Lipinski definition) is 2. The topological polar surface area (TPSA) is 69.6 Å². The number of nitrogens with zero attached hydrogens (tertiary/aromatic N) is 1. The van der Waals surface area contributed by atoms with Gasteiger partial charge in [0.15, 0.2) is 0 Å². The molecular formula is C14H18N2O3. The Balaban J connectivity index is 1.98. The lowest BCUT2D eigenvalue weighted by Gasteiger charge is -2.31. The molecule has 0 radical (unpaired) electrons. The van der Waals surface area contributed by atoms with E-state index in [0.717, 1.165) is 12.1 Å². The fourth-order valence-corrected chi connectivity index (χ4v) is 2.41. The van der Waals surface area contributed by atoms with E-state index < -0.39 is 11.5 Å². The zero-order valence-electron chi connectivity index (χ0n) is 10.9. The fourth-order valence-electron chi connectivity index (χ4n) is 2.41. The molecule has 0 aliphatic carbocycles. The van der Waals surface area contributed by atoms with E-state index >= 15 is 0 Å². The van der Waals surface area contributed by atoms with Crippen LogP contribution in [0.1, 0.15) is 19.8 Å². The molecule has 1 heterocycles. The van der Waals surface area contributed by atoms with Crippen molar-refractivity contribution in [2.75, 3.05) is 18.4 Å². The van der Waals surface area contributed by atoms with E-state index in [9.17, 15) is 14.7 Å². The lowest BCUT2D eigenvalue weighted by Crippen LogP contribution is -2.52. The van der Waals surface area contributed by atoms with Gasteiger partial charge in [-0.15, -0.1) is 0 Å². The number of benzene rings is 1. The number of hydrogen-bond acceptors (Lipinski definition) is 3. The Morgan fingerprint density at radius 2 is 2.05 bits per heavy atom. The molecule has 1 aliphatic heterocycles. The molecule has 1 aliphatic rings. The van der Waals surface area contributed by atoms with Gasteiger partial charge in [-0.2, -0.15) is 0 Å². The Morgan fingerprint density at radius 1 is 1.37 bits per heavy atom. The number of para-hydroxylation sites is 1. The highest BCUT2D eigenvalue weighted by Gasteiger charge is 2.45. The maximum atomic E-state index is 12.1. The normalized spacial score (nSPS) is 22.3. The molecule has 2 N–H and O–H groups in total. The maximum Gasteiger partial charge on any atom is 0.329 e. The van der Waals surface area contributed by atoms with Gasteiger partial charge in [0.05, 0.1) is 6.54 Å². The summed E-state index contributed by atoms with van der Waals surface area (Å²) in [7, 11) is 0. The number of nitrogens with one attached hydrogen (secondary N) is 1. The van der Waals surface area contributed by atoms with Gasteiger partial charge >= 0.3 is 5.97 Å². The molecule has 102 valence electrons. The summed E-state index contributed by atoms with van der Waals surface area (Å²) in [6.07, 6.45) is 1.25. The van der Waals surface area contributed by atoms with E-state index in [0.29, 0.717) is 13.0 Å². The van der Waals surface area contributed by atoms with Crippen LogP contribution in [0.4, 0.5) is 5.69 Å². The molecule has 1 aromatic rings. The van der Waals surface area contributed by atoms with Gasteiger partial charge in [0, 0.05) is 12.2 Å². The van der Waals surface area contributed by atoms with Gasteiger partial charge in [-0.1, -0.05) is 18.2 Å². The van der Waals surface area contributed by atoms with Crippen LogP contribution in [0.5, 0.6) is 0 Å². The van der Waals surface area contributed by atoms with E-state index in [1.54, 1.807) is 6.92 Å². The molecule has 1 aromatic carbocycles. The molecule has 1 unspecified atom stereocenters. The second-order valence-corrected chi connectivity index (χ2v) is 4.95. The Labute approximate surface area is 112 Å². The van der Waals surface area contributed by atoms with Crippen molar-refractivity contribution in [3.63, 3.8) is 0 Å². The van der Waals surface area contributed by atoms with Crippen molar-refractivity contribution in [1.29, 1.82) is 0 Å². The summed E-state index contributed by atoms with van der Waals surface area (Å²) in [6.45, 7) is 2.24. The van der Waals surface area contributed by atoms with E-state index in [-0.39, 0.29) is 12.5 Å². The third-order valence-electron chi connectivity index (χ3n) is 3.62. The van der Waals surface area contributed by atoms with Gasteiger partial charge in [0.2, 0.25) is 5.91 Å². The first-order valence-corrected chi connectivity index (χ1v) is 6.37. The molecule has 0 spiro atoms. The fraction of sp³-hybridized carbons (Fsp3) is 0.429. The Hall–Kier alpha value is -2.04. The third-order valence-corrected chi connectivity index (χ3v) is 3.62. The number of carboxylic acid groups (broad SMARTS) is 1. The number of anilines is 1. The molecule has 0 saturated carbocycles. The molecule has 0 aromatic heterocycles. The number of amides is 1. The van der Waals surface area contributed by atoms with Crippen molar-refractivity contribution < 1.29 is 14.7 Å². The van der Waals surface area contributed by atoms with Crippen LogP contribution in [0.2, 0.25) is 0 Å². The van der Waals surface area contributed by atoms with Crippen molar-refractivity contribution in [3.05, 3.63) is 30.3 Å². The van der Waals surface area contributed by atoms with Crippen LogP contribution in [-0.2, 0) is 9.59 Å². The van der Waals surface area contributed by atoms with E-state index in [2.05, 4.69) is 5.32 Å². The van der Waals surface area contributed by atoms with Crippen LogP contribution in [0, 0.1) is 0 Å². The first-order valence-electron chi connectivity index (χ1n) is 6.37. The average molecular weight is 262 g/mol. The Morgan fingerprint density at radius 3 is 2.68 bits per heavy atom. The number of carbonyl (C=O) groups excluding carboxylic acids is 1. The number of likely N-dealkylation sites (tertiary alicyclic amines) is 1. The van der Waals surface area contributed by atoms with Gasteiger partial charge in [0.1, 0.15) is 5.54 Å². The minimum atomic E-state index is -1.06. The number of rotatable bonds is 4. The van der Waals surface area contributed by atoms with Crippen molar-refractivity contribution in [2.24, 2.45) is 0 Å². The minimum Gasteiger partial charge on any atom is -0.480 e. The second kappa shape index (κ2) is 5.30. The highest BCUT2D eigenvalue weighted by Crippen LogP contribution is 2.29. The highest BCUT2D eigenvalue weighted by molar-refractivity contribution is 5.89. The number of carboxylic acids is 1. The van der Waals surface area contributed by atoms with Crippen LogP contribution in [0.15, 0.2) is 30.3 Å². The molecular weight excluding hydrogens is 244 g/mol. The lowest BCUT2D eigenvalue weighted by molar-refractivity contribution is -0.154. The Kier molecular flexibility index (Phi) is 3.74. The lowest BCUT2D eigenvalue weighted by atomic mass is 9.99. The molecule has 5 nitrogen and oxygen atoms in total. The van der Waals surface area contributed by atoms with Gasteiger partial charge in [-0.05, 0) is 31.9 Å². The average Bonchev–Trinajstić information content (AvgIpc) is 2.81. The molecule has 2 rings (SSSR count). The smallest absolute Gasteiger partial charge is 0.329 e. The van der Waals surface area contributed by atoms with Crippen LogP contribution in [-0.4, -0.2) is 40.5 Å². The predicted molar refractivity (Wildman–Crippen MR) is 71.9 cm³/mol. The largest absolute Gasteiger partial charge is 0.480 e. The quantitative estimate of drug-likeness (QED) is 0.864. The number of aliphatic carboxylic acids is 1. The van der Waals surface area contributed by atoms with Gasteiger partial charge < -0.3 is 15.3 Å². The van der Waals surface area contributed by atoms with E-state index in [1.807, 2.05) is 30.3 Å². The van der Waals surface area contributed by atoms with Gasteiger partial charge in [0.25, 0.3) is 0 Å². The molecule has 19 heavy (non-hydrogen) atoms. The molecule has 5 heteroatoms. The second-order valence-electron chi connectivity index (χ2n) is 4.95. The summed E-state index contributed by atoms with van der Waals surface area (Å²) in [4.78, 5) is 24.9. The first kappa shape index (κ1) is 13.4. The van der Waals surface area contributed by atoms with Crippen LogP contribution in [0.25, 0.3) is 0 Å². The van der Waals surface area contributed by atoms with Crippen molar-refractivity contribution in [1.82, 2.24) is 4.90 Å². The van der Waals surface area contributed by atoms with Crippen LogP contribution in [0.3, 0.4) is 0 Å². The molecule has 1 amide bonds. The maximum absolute atomic E-state index is 12.1. The summed E-state index contributed by atoms with van der Waals surface area (Å²) in [5, 5.41) is 12.3. The monoisotopic (exact) mass is 262 g/mol. The molecule has 1 saturated heterocycles. The number of carbonyl (C=O) groups is 2. The Bertz CT molecular complexity index is 475. The molecule has 1 fully saturated rings. The SMILES string of the molecule is CC1(C(=O)O)CCCN1C(=O)CNc1ccccc1. The van der Waals surface area contributed by atoms with Gasteiger partial charge in [-0.3, -0.25) is 4.79 Å². The van der Waals surface area contributed by atoms with Crippen molar-refractivity contribution in [3.8, 4) is 0 Å². The third kappa shape index (κ3) is 2.70. The van der Waals surface area contributed by atoms with Crippen molar-refractivity contribution in [2.45, 2.75) is 25.3 Å². The van der Waals surface area contributed by atoms with Crippen LogP contribution < -0.4 is 5.32 Å². The molecule has 0 bridgehead atoms. The van der Waals surface area contributed by atoms with E-state index in [4.69, 9.17) is 0 Å². The zero-order valence-corrected chi connectivity index (χ0v) is 10.9. The zero-order chi connectivity index (χ0) is 13.9. The summed E-state index contributed by atoms with van der Waals surface area (Å²) in [6, 6.07) is 9.39. The van der Waals surface area contributed by atoms with Gasteiger partial charge in [-0.25, -0.2) is 4.79 Å². The standard InChI is InChI=1S/C14H18N2O3/c1-14(13(18)19)8-5-9-16(14)12(17)10-15-11-6-3-2-4-7-11/h2-4,6-7,15H,5,8-10H2,1H3,(H,18,19). The highest BCUT2D eigenvalue weighted by atomic mass is 16.4.